The normalized spacial score (nSPS) is 11.2. The quantitative estimate of drug-likeness (QED) is 0.493. The number of rotatable bonds is 3. The molecule has 1 aromatic rings. The summed E-state index contributed by atoms with van der Waals surface area (Å²) in [5, 5.41) is 37.8. The van der Waals surface area contributed by atoms with Gasteiger partial charge in [0.05, 0.1) is 6.10 Å². The van der Waals surface area contributed by atoms with Gasteiger partial charge in [-0.3, -0.25) is 4.79 Å². The number of phenols is 2. The topological polar surface area (TPSA) is 110 Å². The molecule has 0 aliphatic carbocycles. The third-order valence-corrected chi connectivity index (χ3v) is 1.78. The second kappa shape index (κ2) is 7.48. The van der Waals surface area contributed by atoms with Crippen molar-refractivity contribution in [1.29, 1.82) is 0 Å². The number of phenolic OH excluding ortho intramolecular Hbond substituents is 2. The molecule has 0 aliphatic rings. The zero-order valence-electron chi connectivity index (χ0n) is 9.71. The van der Waals surface area contributed by atoms with E-state index in [-0.39, 0.29) is 11.5 Å². The van der Waals surface area contributed by atoms with Crippen LogP contribution in [0, 0.1) is 0 Å². The predicted molar refractivity (Wildman–Crippen MR) is 62.0 cm³/mol. The molecule has 0 aromatic heterocycles. The van der Waals surface area contributed by atoms with Gasteiger partial charge in [0.25, 0.3) is 5.97 Å². The highest BCUT2D eigenvalue weighted by molar-refractivity contribution is 5.62. The first-order valence-electron chi connectivity index (χ1n) is 4.92. The lowest BCUT2D eigenvalue weighted by molar-refractivity contribution is -0.134. The number of carboxylic acids is 1. The molecule has 1 atom stereocenters. The summed E-state index contributed by atoms with van der Waals surface area (Å²) in [6.07, 6.45) is -0.670. The monoisotopic (exact) mass is 243 g/mol. The zero-order chi connectivity index (χ0) is 13.4. The van der Waals surface area contributed by atoms with E-state index < -0.39 is 12.1 Å². The van der Waals surface area contributed by atoms with E-state index in [4.69, 9.17) is 20.1 Å². The van der Waals surface area contributed by atoms with Gasteiger partial charge in [-0.2, -0.15) is 0 Å². The molecule has 0 radical (unpaired) electrons. The van der Waals surface area contributed by atoms with Crippen molar-refractivity contribution in [3.05, 3.63) is 23.8 Å². The molecule has 0 amide bonds. The van der Waals surface area contributed by atoms with Crippen molar-refractivity contribution in [3.8, 4) is 11.5 Å². The first kappa shape index (κ1) is 15.2. The molecule has 1 aromatic carbocycles. The Labute approximate surface area is 99.2 Å². The summed E-state index contributed by atoms with van der Waals surface area (Å²) in [7, 11) is 1.73. The molecular formula is C11H17NO5. The maximum Gasteiger partial charge on any atom is 0.300 e. The minimum Gasteiger partial charge on any atom is -0.504 e. The van der Waals surface area contributed by atoms with E-state index in [9.17, 15) is 5.11 Å². The van der Waals surface area contributed by atoms with E-state index in [1.807, 2.05) is 0 Å². The number of carboxylic acid groups (broad SMARTS) is 1. The highest BCUT2D eigenvalue weighted by Gasteiger charge is 2.08. The van der Waals surface area contributed by atoms with E-state index >= 15 is 0 Å². The van der Waals surface area contributed by atoms with Gasteiger partial charge >= 0.3 is 0 Å². The van der Waals surface area contributed by atoms with Crippen molar-refractivity contribution in [1.82, 2.24) is 5.32 Å². The molecule has 5 N–H and O–H groups in total. The Bertz CT molecular complexity index is 363. The summed E-state index contributed by atoms with van der Waals surface area (Å²) < 4.78 is 0. The van der Waals surface area contributed by atoms with Gasteiger partial charge in [-0.1, -0.05) is 6.07 Å². The second-order valence-electron chi connectivity index (χ2n) is 3.34. The minimum atomic E-state index is -0.833. The fraction of sp³-hybridized carbons (Fsp3) is 0.364. The molecule has 6 heteroatoms. The van der Waals surface area contributed by atoms with E-state index in [1.54, 1.807) is 13.1 Å². The lowest BCUT2D eigenvalue weighted by Crippen LogP contribution is -2.16. The van der Waals surface area contributed by atoms with Crippen LogP contribution in [0.4, 0.5) is 0 Å². The summed E-state index contributed by atoms with van der Waals surface area (Å²) in [5.74, 6) is -1.23. The van der Waals surface area contributed by atoms with Gasteiger partial charge in [-0.25, -0.2) is 0 Å². The molecule has 0 spiro atoms. The molecular weight excluding hydrogens is 226 g/mol. The zero-order valence-corrected chi connectivity index (χ0v) is 9.71. The second-order valence-corrected chi connectivity index (χ2v) is 3.34. The number of aliphatic hydroxyl groups excluding tert-OH is 1. The maximum absolute atomic E-state index is 9.48. The summed E-state index contributed by atoms with van der Waals surface area (Å²) in [6.45, 7) is 1.49. The lowest BCUT2D eigenvalue weighted by Gasteiger charge is -2.10. The molecule has 0 saturated carbocycles. The Hall–Kier alpha value is -1.79. The van der Waals surface area contributed by atoms with Gasteiger partial charge in [0, 0.05) is 13.5 Å². The van der Waals surface area contributed by atoms with Crippen molar-refractivity contribution < 1.29 is 25.2 Å². The van der Waals surface area contributed by atoms with E-state index in [0.29, 0.717) is 12.1 Å². The van der Waals surface area contributed by atoms with Gasteiger partial charge in [-0.05, 0) is 24.7 Å². The summed E-state index contributed by atoms with van der Waals surface area (Å²) >= 11 is 0. The Morgan fingerprint density at radius 3 is 2.29 bits per heavy atom. The van der Waals surface area contributed by atoms with Crippen LogP contribution in [-0.2, 0) is 4.79 Å². The molecule has 0 unspecified atom stereocenters. The number of likely N-dealkylation sites (N-methyl/N-ethyl adjacent to an activating group) is 1. The molecule has 1 rings (SSSR count). The van der Waals surface area contributed by atoms with Crippen LogP contribution < -0.4 is 5.32 Å². The Morgan fingerprint density at radius 2 is 1.88 bits per heavy atom. The lowest BCUT2D eigenvalue weighted by atomic mass is 10.1. The molecule has 0 bridgehead atoms. The van der Waals surface area contributed by atoms with Crippen LogP contribution in [-0.4, -0.2) is 40.0 Å². The SMILES string of the molecule is CC(=O)O.CNC[C@H](O)c1ccc(O)c(O)c1. The molecule has 96 valence electrons. The number of carbonyl (C=O) groups is 1. The first-order chi connectivity index (χ1) is 7.88. The maximum atomic E-state index is 9.48. The Balaban J connectivity index is 0.000000557. The van der Waals surface area contributed by atoms with Gasteiger partial charge in [-0.15, -0.1) is 0 Å². The first-order valence-corrected chi connectivity index (χ1v) is 4.92. The largest absolute Gasteiger partial charge is 0.504 e. The van der Waals surface area contributed by atoms with Gasteiger partial charge in [0.2, 0.25) is 0 Å². The standard InChI is InChI=1S/C9H13NO3.C2H4O2/c1-10-5-9(13)6-2-3-7(11)8(12)4-6;1-2(3)4/h2-4,9-13H,5H2,1H3;1H3,(H,3,4)/t9-;/m0./s1. The number of nitrogens with one attached hydrogen (secondary N) is 1. The third kappa shape index (κ3) is 6.39. The number of benzene rings is 1. The number of aliphatic carboxylic acids is 1. The molecule has 0 fully saturated rings. The summed E-state index contributed by atoms with van der Waals surface area (Å²) in [6, 6.07) is 4.26. The predicted octanol–water partition coefficient (Wildman–Crippen LogP) is 0.441. The van der Waals surface area contributed by atoms with Crippen LogP contribution in [0.1, 0.15) is 18.6 Å². The highest BCUT2D eigenvalue weighted by atomic mass is 16.4. The van der Waals surface area contributed by atoms with Crippen molar-refractivity contribution in [3.63, 3.8) is 0 Å². The van der Waals surface area contributed by atoms with Crippen molar-refractivity contribution in [2.24, 2.45) is 0 Å². The van der Waals surface area contributed by atoms with Crippen LogP contribution in [0.3, 0.4) is 0 Å². The average molecular weight is 243 g/mol. The number of hydrogen-bond donors (Lipinski definition) is 5. The molecule has 0 aliphatic heterocycles. The van der Waals surface area contributed by atoms with Crippen LogP contribution in [0.5, 0.6) is 11.5 Å². The van der Waals surface area contributed by atoms with Crippen LogP contribution in [0.15, 0.2) is 18.2 Å². The number of hydrogen-bond acceptors (Lipinski definition) is 5. The van der Waals surface area contributed by atoms with Gasteiger partial charge in [0.15, 0.2) is 11.5 Å². The van der Waals surface area contributed by atoms with Crippen molar-refractivity contribution in [2.75, 3.05) is 13.6 Å². The fourth-order valence-corrected chi connectivity index (χ4v) is 1.06. The van der Waals surface area contributed by atoms with Gasteiger partial charge in [0.1, 0.15) is 0 Å². The molecule has 0 saturated heterocycles. The van der Waals surface area contributed by atoms with Gasteiger partial charge < -0.3 is 25.7 Å². The molecule has 0 heterocycles. The van der Waals surface area contributed by atoms with Crippen LogP contribution in [0.2, 0.25) is 0 Å². The number of aliphatic hydroxyl groups is 1. The summed E-state index contributed by atoms with van der Waals surface area (Å²) in [4.78, 5) is 9.00. The third-order valence-electron chi connectivity index (χ3n) is 1.78. The Kier molecular flexibility index (Phi) is 6.69. The van der Waals surface area contributed by atoms with E-state index in [2.05, 4.69) is 5.32 Å². The highest BCUT2D eigenvalue weighted by Crippen LogP contribution is 2.27. The summed E-state index contributed by atoms with van der Waals surface area (Å²) in [5.41, 5.74) is 0.574. The molecule has 17 heavy (non-hydrogen) atoms. The van der Waals surface area contributed by atoms with Crippen molar-refractivity contribution >= 4 is 5.97 Å². The average Bonchev–Trinajstić information content (AvgIpc) is 2.21. The number of aromatic hydroxyl groups is 2. The van der Waals surface area contributed by atoms with Crippen molar-refractivity contribution in [2.45, 2.75) is 13.0 Å². The Morgan fingerprint density at radius 1 is 1.35 bits per heavy atom. The minimum absolute atomic E-state index is 0.180. The van der Waals surface area contributed by atoms with E-state index in [0.717, 1.165) is 6.92 Å². The fourth-order valence-electron chi connectivity index (χ4n) is 1.06. The van der Waals surface area contributed by atoms with Crippen LogP contribution >= 0.6 is 0 Å². The molecule has 6 nitrogen and oxygen atoms in total. The van der Waals surface area contributed by atoms with E-state index in [1.165, 1.54) is 12.1 Å². The van der Waals surface area contributed by atoms with Crippen LogP contribution in [0.25, 0.3) is 0 Å². The smallest absolute Gasteiger partial charge is 0.300 e.